The van der Waals surface area contributed by atoms with Crippen molar-refractivity contribution in [3.63, 3.8) is 0 Å². The Hall–Kier alpha value is -3.36. The second kappa shape index (κ2) is 7.23. The fourth-order valence-electron chi connectivity index (χ4n) is 3.80. The molecule has 0 radical (unpaired) electrons. The fourth-order valence-corrected chi connectivity index (χ4v) is 3.80. The van der Waals surface area contributed by atoms with Crippen LogP contribution in [0.5, 0.6) is 0 Å². The lowest BCUT2D eigenvalue weighted by Crippen LogP contribution is -2.49. The summed E-state index contributed by atoms with van der Waals surface area (Å²) in [5, 5.41) is 0. The van der Waals surface area contributed by atoms with E-state index in [2.05, 4.69) is 35.0 Å². The third-order valence-electron chi connectivity index (χ3n) is 5.52. The summed E-state index contributed by atoms with van der Waals surface area (Å²) < 4.78 is 3.89. The molecule has 0 unspecified atom stereocenters. The van der Waals surface area contributed by atoms with Crippen LogP contribution in [0, 0.1) is 6.92 Å². The van der Waals surface area contributed by atoms with E-state index >= 15 is 0 Å². The second-order valence-electron chi connectivity index (χ2n) is 7.46. The van der Waals surface area contributed by atoms with Gasteiger partial charge in [0.25, 0.3) is 5.56 Å². The zero-order valence-corrected chi connectivity index (χ0v) is 16.8. The molecule has 0 atom stereocenters. The average Bonchev–Trinajstić information content (AvgIpc) is 3.14. The van der Waals surface area contributed by atoms with Gasteiger partial charge in [-0.15, -0.1) is 0 Å². The minimum Gasteiger partial charge on any atom is -0.368 e. The number of rotatable bonds is 3. The summed E-state index contributed by atoms with van der Waals surface area (Å²) in [5.74, 6) is -0.0656. The van der Waals surface area contributed by atoms with Crippen LogP contribution in [0.25, 0.3) is 11.2 Å². The van der Waals surface area contributed by atoms with Gasteiger partial charge in [0.1, 0.15) is 6.54 Å². The number of carbonyl (C=O) groups excluding carboxylic acids is 1. The molecule has 2 aromatic heterocycles. The molecule has 4 rings (SSSR count). The quantitative estimate of drug-likeness (QED) is 0.627. The standard InChI is InChI=1S/C20H24N6O3/c1-14-5-4-6-15(11-14)24-7-9-25(10-8-24)16(27)12-26-13-21-18-17(26)19(28)23(3)20(29)22(18)2/h4-6,11,13H,7-10,12H2,1-3H3. The lowest BCUT2D eigenvalue weighted by atomic mass is 10.2. The lowest BCUT2D eigenvalue weighted by molar-refractivity contribution is -0.132. The molecular weight excluding hydrogens is 372 g/mol. The summed E-state index contributed by atoms with van der Waals surface area (Å²) >= 11 is 0. The number of amides is 1. The van der Waals surface area contributed by atoms with Gasteiger partial charge < -0.3 is 14.4 Å². The highest BCUT2D eigenvalue weighted by atomic mass is 16.2. The highest BCUT2D eigenvalue weighted by Gasteiger charge is 2.23. The molecule has 1 aromatic carbocycles. The number of hydrogen-bond donors (Lipinski definition) is 0. The van der Waals surface area contributed by atoms with Crippen LogP contribution in [0.4, 0.5) is 5.69 Å². The Morgan fingerprint density at radius 2 is 1.79 bits per heavy atom. The summed E-state index contributed by atoms with van der Waals surface area (Å²) in [6.45, 7) is 4.85. The number of carbonyl (C=O) groups is 1. The van der Waals surface area contributed by atoms with Crippen molar-refractivity contribution < 1.29 is 4.79 Å². The van der Waals surface area contributed by atoms with Crippen molar-refractivity contribution in [2.24, 2.45) is 14.1 Å². The van der Waals surface area contributed by atoms with Crippen LogP contribution in [0.2, 0.25) is 0 Å². The van der Waals surface area contributed by atoms with E-state index in [-0.39, 0.29) is 23.6 Å². The highest BCUT2D eigenvalue weighted by molar-refractivity contribution is 5.79. The first-order chi connectivity index (χ1) is 13.9. The number of piperazine rings is 1. The third-order valence-corrected chi connectivity index (χ3v) is 5.52. The fraction of sp³-hybridized carbons (Fsp3) is 0.400. The predicted molar refractivity (Wildman–Crippen MR) is 110 cm³/mol. The van der Waals surface area contributed by atoms with Gasteiger partial charge in [-0.2, -0.15) is 0 Å². The van der Waals surface area contributed by atoms with Crippen molar-refractivity contribution >= 4 is 22.8 Å². The van der Waals surface area contributed by atoms with Crippen LogP contribution < -0.4 is 16.1 Å². The minimum absolute atomic E-state index is 0.0222. The van der Waals surface area contributed by atoms with E-state index in [1.165, 1.54) is 33.8 Å². The van der Waals surface area contributed by atoms with Gasteiger partial charge in [0, 0.05) is 46.0 Å². The molecule has 3 aromatic rings. The molecule has 152 valence electrons. The number of aromatic nitrogens is 4. The number of benzene rings is 1. The number of imidazole rings is 1. The van der Waals surface area contributed by atoms with E-state index in [0.29, 0.717) is 13.1 Å². The van der Waals surface area contributed by atoms with E-state index in [9.17, 15) is 14.4 Å². The number of anilines is 1. The van der Waals surface area contributed by atoms with E-state index in [1.54, 1.807) is 7.05 Å². The molecule has 1 saturated heterocycles. The summed E-state index contributed by atoms with van der Waals surface area (Å²) in [6.07, 6.45) is 1.45. The van der Waals surface area contributed by atoms with Gasteiger partial charge in [-0.3, -0.25) is 18.7 Å². The SMILES string of the molecule is Cc1cccc(N2CCN(C(=O)Cn3cnc4c3c(=O)n(C)c(=O)n4C)CC2)c1. The monoisotopic (exact) mass is 396 g/mol. The van der Waals surface area contributed by atoms with Gasteiger partial charge in [0.15, 0.2) is 11.2 Å². The van der Waals surface area contributed by atoms with Crippen LogP contribution in [0.1, 0.15) is 5.56 Å². The van der Waals surface area contributed by atoms with Crippen LogP contribution in [-0.2, 0) is 25.4 Å². The van der Waals surface area contributed by atoms with Crippen LogP contribution in [-0.4, -0.2) is 55.7 Å². The van der Waals surface area contributed by atoms with Gasteiger partial charge in [0.05, 0.1) is 6.33 Å². The summed E-state index contributed by atoms with van der Waals surface area (Å²) in [6, 6.07) is 8.34. The van der Waals surface area contributed by atoms with Crippen LogP contribution in [0.15, 0.2) is 40.2 Å². The first kappa shape index (κ1) is 19.0. The second-order valence-corrected chi connectivity index (χ2v) is 7.46. The zero-order valence-electron chi connectivity index (χ0n) is 16.8. The molecule has 0 bridgehead atoms. The Morgan fingerprint density at radius 1 is 1.07 bits per heavy atom. The lowest BCUT2D eigenvalue weighted by Gasteiger charge is -2.36. The molecule has 0 spiro atoms. The van der Waals surface area contributed by atoms with Crippen molar-refractivity contribution in [1.82, 2.24) is 23.6 Å². The summed E-state index contributed by atoms with van der Waals surface area (Å²) in [7, 11) is 2.99. The maximum absolute atomic E-state index is 12.8. The number of hydrogen-bond acceptors (Lipinski definition) is 5. The summed E-state index contributed by atoms with van der Waals surface area (Å²) in [4.78, 5) is 45.7. The Morgan fingerprint density at radius 3 is 2.48 bits per heavy atom. The Bertz CT molecular complexity index is 1200. The maximum atomic E-state index is 12.8. The van der Waals surface area contributed by atoms with Gasteiger partial charge in [-0.1, -0.05) is 12.1 Å². The highest BCUT2D eigenvalue weighted by Crippen LogP contribution is 2.18. The molecule has 1 amide bonds. The summed E-state index contributed by atoms with van der Waals surface area (Å²) in [5.41, 5.74) is 2.05. The number of nitrogens with zero attached hydrogens (tertiary/aromatic N) is 6. The van der Waals surface area contributed by atoms with Crippen LogP contribution >= 0.6 is 0 Å². The average molecular weight is 396 g/mol. The minimum atomic E-state index is -0.447. The van der Waals surface area contributed by atoms with Gasteiger partial charge >= 0.3 is 5.69 Å². The molecular formula is C20H24N6O3. The molecule has 3 heterocycles. The van der Waals surface area contributed by atoms with Crippen LogP contribution in [0.3, 0.4) is 0 Å². The Labute approximate surface area is 167 Å². The topological polar surface area (TPSA) is 85.4 Å². The molecule has 1 aliphatic rings. The molecule has 1 aliphatic heterocycles. The zero-order chi connectivity index (χ0) is 20.7. The van der Waals surface area contributed by atoms with Gasteiger partial charge in [-0.25, -0.2) is 9.78 Å². The number of fused-ring (bicyclic) bond motifs is 1. The Kier molecular flexibility index (Phi) is 4.73. The Balaban J connectivity index is 1.50. The largest absolute Gasteiger partial charge is 0.368 e. The third kappa shape index (κ3) is 3.32. The normalized spacial score (nSPS) is 14.6. The van der Waals surface area contributed by atoms with Crippen molar-refractivity contribution in [2.75, 3.05) is 31.1 Å². The molecule has 9 nitrogen and oxygen atoms in total. The molecule has 1 fully saturated rings. The molecule has 9 heteroatoms. The van der Waals surface area contributed by atoms with Gasteiger partial charge in [0.2, 0.25) is 5.91 Å². The number of aryl methyl sites for hydroxylation is 2. The first-order valence-corrected chi connectivity index (χ1v) is 9.57. The van der Waals surface area contributed by atoms with Crippen molar-refractivity contribution in [1.29, 1.82) is 0 Å². The van der Waals surface area contributed by atoms with E-state index in [0.717, 1.165) is 17.7 Å². The first-order valence-electron chi connectivity index (χ1n) is 9.57. The smallest absolute Gasteiger partial charge is 0.332 e. The molecule has 0 N–H and O–H groups in total. The van der Waals surface area contributed by atoms with Crippen molar-refractivity contribution in [2.45, 2.75) is 13.5 Å². The molecule has 0 saturated carbocycles. The van der Waals surface area contributed by atoms with E-state index in [1.807, 2.05) is 11.0 Å². The van der Waals surface area contributed by atoms with Crippen molar-refractivity contribution in [3.05, 3.63) is 57.0 Å². The predicted octanol–water partition coefficient (Wildman–Crippen LogP) is 0.0909. The van der Waals surface area contributed by atoms with E-state index < -0.39 is 11.2 Å². The molecule has 29 heavy (non-hydrogen) atoms. The molecule has 0 aliphatic carbocycles. The van der Waals surface area contributed by atoms with Gasteiger partial charge in [-0.05, 0) is 24.6 Å². The maximum Gasteiger partial charge on any atom is 0.332 e. The van der Waals surface area contributed by atoms with Crippen molar-refractivity contribution in [3.8, 4) is 0 Å². The van der Waals surface area contributed by atoms with E-state index in [4.69, 9.17) is 0 Å².